The van der Waals surface area contributed by atoms with Crippen LogP contribution in [0.2, 0.25) is 15.1 Å². The normalized spacial score (nSPS) is 10.3. The molecule has 1 amide bonds. The Morgan fingerprint density at radius 2 is 1.63 bits per heavy atom. The maximum atomic E-state index is 12.2. The van der Waals surface area contributed by atoms with Crippen molar-refractivity contribution in [2.45, 2.75) is 6.92 Å². The first-order valence-corrected chi connectivity index (χ1v) is 6.64. The molecule has 1 N–H and O–H groups in total. The minimum atomic E-state index is -0.260. The van der Waals surface area contributed by atoms with Crippen LogP contribution in [-0.2, 0) is 0 Å². The predicted molar refractivity (Wildman–Crippen MR) is 80.6 cm³/mol. The Kier molecular flexibility index (Phi) is 4.35. The van der Waals surface area contributed by atoms with Crippen LogP contribution in [0.5, 0.6) is 0 Å². The second-order valence-electron chi connectivity index (χ2n) is 4.01. The average molecular weight is 315 g/mol. The van der Waals surface area contributed by atoms with Gasteiger partial charge in [-0.1, -0.05) is 53.0 Å². The van der Waals surface area contributed by atoms with Gasteiger partial charge in [0.25, 0.3) is 5.91 Å². The van der Waals surface area contributed by atoms with Crippen LogP contribution >= 0.6 is 34.8 Å². The Morgan fingerprint density at radius 1 is 1.05 bits per heavy atom. The van der Waals surface area contributed by atoms with Crippen LogP contribution in [0.3, 0.4) is 0 Å². The zero-order valence-corrected chi connectivity index (χ0v) is 12.3. The lowest BCUT2D eigenvalue weighted by molar-refractivity contribution is 0.102. The van der Waals surface area contributed by atoms with E-state index in [2.05, 4.69) is 5.32 Å². The molecule has 98 valence electrons. The van der Waals surface area contributed by atoms with Gasteiger partial charge in [-0.25, -0.2) is 0 Å². The number of carbonyl (C=O) groups is 1. The third-order valence-corrected chi connectivity index (χ3v) is 3.45. The molecule has 2 aromatic rings. The maximum Gasteiger partial charge on any atom is 0.256 e. The largest absolute Gasteiger partial charge is 0.319 e. The second kappa shape index (κ2) is 5.83. The number of hydrogen-bond acceptors (Lipinski definition) is 1. The molecule has 5 heteroatoms. The van der Waals surface area contributed by atoms with Gasteiger partial charge in [0.05, 0.1) is 15.7 Å². The van der Waals surface area contributed by atoms with E-state index < -0.39 is 0 Å². The summed E-state index contributed by atoms with van der Waals surface area (Å²) in [6.45, 7) is 1.86. The molecule has 0 radical (unpaired) electrons. The molecule has 0 heterocycles. The van der Waals surface area contributed by atoms with E-state index in [0.717, 1.165) is 5.56 Å². The molecule has 2 aromatic carbocycles. The highest BCUT2D eigenvalue weighted by molar-refractivity contribution is 6.42. The number of aryl methyl sites for hydroxylation is 1. The van der Waals surface area contributed by atoms with Crippen LogP contribution in [-0.4, -0.2) is 5.91 Å². The topological polar surface area (TPSA) is 29.1 Å². The molecule has 2 rings (SSSR count). The fraction of sp³-hybridized carbons (Fsp3) is 0.0714. The van der Waals surface area contributed by atoms with Gasteiger partial charge in [0.15, 0.2) is 0 Å². The molecule has 0 aliphatic heterocycles. The van der Waals surface area contributed by atoms with Gasteiger partial charge in [0, 0.05) is 10.6 Å². The monoisotopic (exact) mass is 313 g/mol. The minimum absolute atomic E-state index is 0.260. The maximum absolute atomic E-state index is 12.2. The summed E-state index contributed by atoms with van der Waals surface area (Å²) in [5.74, 6) is -0.260. The molecule has 0 saturated heterocycles. The fourth-order valence-electron chi connectivity index (χ4n) is 1.67. The van der Waals surface area contributed by atoms with Crippen LogP contribution in [0.15, 0.2) is 36.4 Å². The summed E-state index contributed by atoms with van der Waals surface area (Å²) in [5, 5.41) is 3.73. The number of nitrogens with one attached hydrogen (secondary N) is 1. The van der Waals surface area contributed by atoms with Gasteiger partial charge in [0.2, 0.25) is 0 Å². The fourth-order valence-corrected chi connectivity index (χ4v) is 2.58. The van der Waals surface area contributed by atoms with Crippen molar-refractivity contribution in [1.29, 1.82) is 0 Å². The summed E-state index contributed by atoms with van der Waals surface area (Å²) in [7, 11) is 0. The highest BCUT2D eigenvalue weighted by Gasteiger charge is 2.13. The average Bonchev–Trinajstić information content (AvgIpc) is 2.34. The lowest BCUT2D eigenvalue weighted by Crippen LogP contribution is -2.13. The highest BCUT2D eigenvalue weighted by atomic mass is 35.5. The molecule has 0 aromatic heterocycles. The summed E-state index contributed by atoms with van der Waals surface area (Å²) >= 11 is 17.9. The van der Waals surface area contributed by atoms with Gasteiger partial charge in [-0.3, -0.25) is 4.79 Å². The summed E-state index contributed by atoms with van der Waals surface area (Å²) < 4.78 is 0. The lowest BCUT2D eigenvalue weighted by Gasteiger charge is -2.11. The van der Waals surface area contributed by atoms with Gasteiger partial charge < -0.3 is 5.32 Å². The van der Waals surface area contributed by atoms with E-state index in [0.29, 0.717) is 26.3 Å². The molecule has 0 saturated carbocycles. The Labute approximate surface area is 126 Å². The molecular formula is C14H10Cl3NO. The van der Waals surface area contributed by atoms with Crippen molar-refractivity contribution in [3.05, 3.63) is 62.6 Å². The highest BCUT2D eigenvalue weighted by Crippen LogP contribution is 2.34. The molecule has 0 aliphatic carbocycles. The zero-order chi connectivity index (χ0) is 14.0. The molecule has 19 heavy (non-hydrogen) atoms. The van der Waals surface area contributed by atoms with Crippen molar-refractivity contribution in [2.75, 3.05) is 5.32 Å². The van der Waals surface area contributed by atoms with Crippen molar-refractivity contribution in [2.24, 2.45) is 0 Å². The van der Waals surface area contributed by atoms with E-state index in [1.807, 2.05) is 19.1 Å². The van der Waals surface area contributed by atoms with Crippen molar-refractivity contribution in [1.82, 2.24) is 0 Å². The molecule has 0 atom stereocenters. The minimum Gasteiger partial charge on any atom is -0.319 e. The molecule has 0 unspecified atom stereocenters. The van der Waals surface area contributed by atoms with Crippen LogP contribution in [0.25, 0.3) is 0 Å². The van der Waals surface area contributed by atoms with Crippen molar-refractivity contribution in [3.8, 4) is 0 Å². The second-order valence-corrected chi connectivity index (χ2v) is 5.26. The number of anilines is 1. The van der Waals surface area contributed by atoms with Gasteiger partial charge >= 0.3 is 0 Å². The van der Waals surface area contributed by atoms with E-state index in [-0.39, 0.29) is 5.91 Å². The van der Waals surface area contributed by atoms with E-state index in [4.69, 9.17) is 34.8 Å². The summed E-state index contributed by atoms with van der Waals surface area (Å²) in [6, 6.07) is 10.3. The third kappa shape index (κ3) is 3.21. The van der Waals surface area contributed by atoms with E-state index in [1.165, 1.54) is 12.1 Å². The van der Waals surface area contributed by atoms with Crippen molar-refractivity contribution in [3.63, 3.8) is 0 Å². The lowest BCUT2D eigenvalue weighted by atomic mass is 10.1. The van der Waals surface area contributed by atoms with Crippen LogP contribution in [0.4, 0.5) is 5.69 Å². The molecular weight excluding hydrogens is 305 g/mol. The number of hydrogen-bond donors (Lipinski definition) is 1. The van der Waals surface area contributed by atoms with E-state index in [1.54, 1.807) is 12.1 Å². The summed E-state index contributed by atoms with van der Waals surface area (Å²) in [4.78, 5) is 12.2. The standard InChI is InChI=1S/C14H10Cl3NO/c1-8-4-2-3-5-10(8)14(19)18-13-11(16)6-9(15)7-12(13)17/h2-7H,1H3,(H,18,19). The Hall–Kier alpha value is -1.22. The molecule has 0 bridgehead atoms. The number of amides is 1. The molecule has 2 nitrogen and oxygen atoms in total. The zero-order valence-electron chi connectivity index (χ0n) is 10.0. The van der Waals surface area contributed by atoms with Crippen molar-refractivity contribution < 1.29 is 4.79 Å². The predicted octanol–water partition coefficient (Wildman–Crippen LogP) is 5.21. The van der Waals surface area contributed by atoms with Crippen LogP contribution in [0.1, 0.15) is 15.9 Å². The SMILES string of the molecule is Cc1ccccc1C(=O)Nc1c(Cl)cc(Cl)cc1Cl. The number of benzene rings is 2. The number of carbonyl (C=O) groups excluding carboxylic acids is 1. The van der Waals surface area contributed by atoms with E-state index >= 15 is 0 Å². The van der Waals surface area contributed by atoms with Crippen molar-refractivity contribution >= 4 is 46.4 Å². The first-order valence-electron chi connectivity index (χ1n) is 5.50. The molecule has 0 aliphatic rings. The Balaban J connectivity index is 2.32. The Bertz CT molecular complexity index is 617. The van der Waals surface area contributed by atoms with Gasteiger partial charge in [-0.05, 0) is 30.7 Å². The number of rotatable bonds is 2. The quantitative estimate of drug-likeness (QED) is 0.810. The van der Waals surface area contributed by atoms with Crippen LogP contribution < -0.4 is 5.32 Å². The first-order chi connectivity index (χ1) is 8.99. The molecule has 0 spiro atoms. The van der Waals surface area contributed by atoms with Gasteiger partial charge in [-0.15, -0.1) is 0 Å². The molecule has 0 fully saturated rings. The van der Waals surface area contributed by atoms with Gasteiger partial charge in [-0.2, -0.15) is 0 Å². The summed E-state index contributed by atoms with van der Waals surface area (Å²) in [6.07, 6.45) is 0. The Morgan fingerprint density at radius 3 is 2.21 bits per heavy atom. The summed E-state index contributed by atoms with van der Waals surface area (Å²) in [5.41, 5.74) is 1.81. The van der Waals surface area contributed by atoms with Crippen LogP contribution in [0, 0.1) is 6.92 Å². The van der Waals surface area contributed by atoms with E-state index in [9.17, 15) is 4.79 Å². The van der Waals surface area contributed by atoms with Gasteiger partial charge in [0.1, 0.15) is 0 Å². The number of halogens is 3. The smallest absolute Gasteiger partial charge is 0.256 e. The third-order valence-electron chi connectivity index (χ3n) is 2.64. The first kappa shape index (κ1) is 14.2.